The van der Waals surface area contributed by atoms with Crippen LogP contribution in [0.25, 0.3) is 0 Å². The number of likely N-dealkylation sites (tertiary alicyclic amines) is 1. The van der Waals surface area contributed by atoms with E-state index < -0.39 is 0 Å². The van der Waals surface area contributed by atoms with Crippen LogP contribution in [0.3, 0.4) is 0 Å². The lowest BCUT2D eigenvalue weighted by molar-refractivity contribution is 0.0757. The quantitative estimate of drug-likeness (QED) is 0.824. The Balaban J connectivity index is 2.03. The van der Waals surface area contributed by atoms with Gasteiger partial charge in [-0.25, -0.2) is 0 Å². The van der Waals surface area contributed by atoms with Gasteiger partial charge in [-0.1, -0.05) is 12.1 Å². The predicted octanol–water partition coefficient (Wildman–Crippen LogP) is 1.49. The molecule has 0 bridgehead atoms. The average Bonchev–Trinajstić information content (AvgIpc) is 2.86. The Kier molecular flexibility index (Phi) is 5.20. The van der Waals surface area contributed by atoms with Gasteiger partial charge in [-0.3, -0.25) is 9.69 Å². The van der Waals surface area contributed by atoms with Gasteiger partial charge in [0.25, 0.3) is 5.91 Å². The number of para-hydroxylation sites is 1. The summed E-state index contributed by atoms with van der Waals surface area (Å²) in [6.07, 6.45) is 1.21. The summed E-state index contributed by atoms with van der Waals surface area (Å²) in [6, 6.07) is 7.66. The molecular weight excluding hydrogens is 268 g/mol. The smallest absolute Gasteiger partial charge is 0.257 e. The molecule has 1 heterocycles. The van der Waals surface area contributed by atoms with E-state index in [1.54, 1.807) is 25.2 Å². The number of carbonyl (C=O) groups excluding carboxylic acids is 1. The number of nitrogens with zero attached hydrogens (tertiary/aromatic N) is 2. The molecule has 1 aliphatic rings. The van der Waals surface area contributed by atoms with E-state index in [2.05, 4.69) is 11.9 Å². The number of carbonyl (C=O) groups is 1. The standard InChI is InChI=1S/C16H24N2O3/c1-17-11-13(20-3)9-12(17)10-18(2)16(19)14-7-5-6-8-15(14)21-4/h5-8,12-13H,9-11H2,1-4H3/t12-,13-/m0/s1. The Morgan fingerprint density at radius 1 is 1.38 bits per heavy atom. The Labute approximate surface area is 126 Å². The van der Waals surface area contributed by atoms with Crippen LogP contribution in [0.4, 0.5) is 0 Å². The van der Waals surface area contributed by atoms with E-state index in [4.69, 9.17) is 9.47 Å². The molecule has 21 heavy (non-hydrogen) atoms. The van der Waals surface area contributed by atoms with Crippen molar-refractivity contribution in [3.63, 3.8) is 0 Å². The number of amides is 1. The third-order valence-electron chi connectivity index (χ3n) is 4.15. The molecule has 1 aliphatic heterocycles. The molecule has 1 aromatic carbocycles. The molecule has 0 saturated carbocycles. The SMILES string of the molecule is COc1ccccc1C(=O)N(C)C[C@@H]1C[C@H](OC)CN1C. The zero-order valence-electron chi connectivity index (χ0n) is 13.2. The molecule has 5 heteroatoms. The molecule has 1 aromatic rings. The minimum absolute atomic E-state index is 0.0123. The Hall–Kier alpha value is -1.59. The molecule has 0 aromatic heterocycles. The summed E-state index contributed by atoms with van der Waals surface area (Å²) in [5, 5.41) is 0. The summed E-state index contributed by atoms with van der Waals surface area (Å²) in [4.78, 5) is 16.6. The summed E-state index contributed by atoms with van der Waals surface area (Å²) < 4.78 is 10.7. The van der Waals surface area contributed by atoms with E-state index in [1.807, 2.05) is 25.2 Å². The molecule has 1 saturated heterocycles. The molecule has 1 amide bonds. The topological polar surface area (TPSA) is 42.0 Å². The third-order valence-corrected chi connectivity index (χ3v) is 4.15. The molecule has 1 fully saturated rings. The summed E-state index contributed by atoms with van der Waals surface area (Å²) in [5.74, 6) is 0.602. The van der Waals surface area contributed by atoms with Crippen LogP contribution < -0.4 is 4.74 Å². The van der Waals surface area contributed by atoms with Crippen molar-refractivity contribution in [2.75, 3.05) is 41.4 Å². The second-order valence-electron chi connectivity index (χ2n) is 5.57. The zero-order valence-corrected chi connectivity index (χ0v) is 13.2. The van der Waals surface area contributed by atoms with Gasteiger partial charge in [-0.2, -0.15) is 0 Å². The molecular formula is C16H24N2O3. The van der Waals surface area contributed by atoms with E-state index in [0.717, 1.165) is 13.0 Å². The molecule has 2 rings (SSSR count). The van der Waals surface area contributed by atoms with Crippen molar-refractivity contribution in [1.82, 2.24) is 9.80 Å². The minimum atomic E-state index is -0.0123. The number of ether oxygens (including phenoxy) is 2. The summed E-state index contributed by atoms with van der Waals surface area (Å²) in [5.41, 5.74) is 0.603. The van der Waals surface area contributed by atoms with Crippen LogP contribution in [0.2, 0.25) is 0 Å². The van der Waals surface area contributed by atoms with Gasteiger partial charge in [0.1, 0.15) is 5.75 Å². The van der Waals surface area contributed by atoms with Crippen LogP contribution in [-0.4, -0.2) is 69.3 Å². The monoisotopic (exact) mass is 292 g/mol. The fraction of sp³-hybridized carbons (Fsp3) is 0.562. The maximum absolute atomic E-state index is 12.6. The molecule has 5 nitrogen and oxygen atoms in total. The van der Waals surface area contributed by atoms with Gasteiger partial charge in [0.2, 0.25) is 0 Å². The number of hydrogen-bond donors (Lipinski definition) is 0. The molecule has 0 radical (unpaired) electrons. The van der Waals surface area contributed by atoms with E-state index in [9.17, 15) is 4.79 Å². The Morgan fingerprint density at radius 3 is 2.71 bits per heavy atom. The first kappa shape index (κ1) is 15.8. The van der Waals surface area contributed by atoms with Crippen LogP contribution in [0.1, 0.15) is 16.8 Å². The summed E-state index contributed by atoms with van der Waals surface area (Å²) in [6.45, 7) is 1.60. The maximum Gasteiger partial charge on any atom is 0.257 e. The van der Waals surface area contributed by atoms with Crippen LogP contribution in [-0.2, 0) is 4.74 Å². The first-order valence-corrected chi connectivity index (χ1v) is 7.18. The second-order valence-corrected chi connectivity index (χ2v) is 5.57. The van der Waals surface area contributed by atoms with Gasteiger partial charge in [0, 0.05) is 33.3 Å². The van der Waals surface area contributed by atoms with Gasteiger partial charge in [-0.05, 0) is 25.6 Å². The lowest BCUT2D eigenvalue weighted by Crippen LogP contribution is -2.39. The fourth-order valence-corrected chi connectivity index (χ4v) is 2.84. The first-order valence-electron chi connectivity index (χ1n) is 7.18. The molecule has 0 N–H and O–H groups in total. The summed E-state index contributed by atoms with van der Waals surface area (Å²) in [7, 11) is 7.23. The van der Waals surface area contributed by atoms with Crippen LogP contribution in [0.15, 0.2) is 24.3 Å². The largest absolute Gasteiger partial charge is 0.496 e. The highest BCUT2D eigenvalue weighted by Crippen LogP contribution is 2.22. The van der Waals surface area contributed by atoms with Crippen LogP contribution in [0.5, 0.6) is 5.75 Å². The third kappa shape index (κ3) is 3.54. The highest BCUT2D eigenvalue weighted by atomic mass is 16.5. The van der Waals surface area contributed by atoms with Gasteiger partial charge >= 0.3 is 0 Å². The van der Waals surface area contributed by atoms with E-state index in [-0.39, 0.29) is 12.0 Å². The van der Waals surface area contributed by atoms with E-state index >= 15 is 0 Å². The van der Waals surface area contributed by atoms with Crippen molar-refractivity contribution in [3.05, 3.63) is 29.8 Å². The number of rotatable bonds is 5. The van der Waals surface area contributed by atoms with Gasteiger partial charge < -0.3 is 14.4 Å². The second kappa shape index (κ2) is 6.91. The Bertz CT molecular complexity index is 492. The summed E-state index contributed by atoms with van der Waals surface area (Å²) >= 11 is 0. The highest BCUT2D eigenvalue weighted by molar-refractivity contribution is 5.96. The number of hydrogen-bond acceptors (Lipinski definition) is 4. The van der Waals surface area contributed by atoms with E-state index in [1.165, 1.54) is 0 Å². The lowest BCUT2D eigenvalue weighted by atomic mass is 10.1. The van der Waals surface area contributed by atoms with Crippen molar-refractivity contribution in [2.45, 2.75) is 18.6 Å². The van der Waals surface area contributed by atoms with Crippen molar-refractivity contribution >= 4 is 5.91 Å². The van der Waals surface area contributed by atoms with Crippen molar-refractivity contribution in [1.29, 1.82) is 0 Å². The molecule has 0 unspecified atom stereocenters. The van der Waals surface area contributed by atoms with Crippen LogP contribution >= 0.6 is 0 Å². The predicted molar refractivity (Wildman–Crippen MR) is 81.8 cm³/mol. The molecule has 116 valence electrons. The zero-order chi connectivity index (χ0) is 15.4. The van der Waals surface area contributed by atoms with Crippen molar-refractivity contribution < 1.29 is 14.3 Å². The number of likely N-dealkylation sites (N-methyl/N-ethyl adjacent to an activating group) is 2. The van der Waals surface area contributed by atoms with Crippen LogP contribution in [0, 0.1) is 0 Å². The highest BCUT2D eigenvalue weighted by Gasteiger charge is 2.31. The average molecular weight is 292 g/mol. The lowest BCUT2D eigenvalue weighted by Gasteiger charge is -2.26. The van der Waals surface area contributed by atoms with Crippen molar-refractivity contribution in [2.24, 2.45) is 0 Å². The minimum Gasteiger partial charge on any atom is -0.496 e. The Morgan fingerprint density at radius 2 is 2.10 bits per heavy atom. The maximum atomic E-state index is 12.6. The van der Waals surface area contributed by atoms with Gasteiger partial charge in [-0.15, -0.1) is 0 Å². The first-order chi connectivity index (χ1) is 10.1. The fourth-order valence-electron chi connectivity index (χ4n) is 2.84. The van der Waals surface area contributed by atoms with E-state index in [0.29, 0.717) is 23.9 Å². The van der Waals surface area contributed by atoms with Gasteiger partial charge in [0.15, 0.2) is 0 Å². The number of methoxy groups -OCH3 is 2. The normalized spacial score (nSPS) is 22.3. The molecule has 0 aliphatic carbocycles. The van der Waals surface area contributed by atoms with Crippen molar-refractivity contribution in [3.8, 4) is 5.75 Å². The van der Waals surface area contributed by atoms with Gasteiger partial charge in [0.05, 0.1) is 18.8 Å². The number of benzene rings is 1. The molecule has 2 atom stereocenters. The molecule has 0 spiro atoms.